The maximum absolute atomic E-state index is 12.4. The highest BCUT2D eigenvalue weighted by Gasteiger charge is 2.60. The normalized spacial score (nSPS) is 29.3. The molecule has 0 radical (unpaired) electrons. The highest BCUT2D eigenvalue weighted by molar-refractivity contribution is 7.14. The number of thiazole rings is 1. The van der Waals surface area contributed by atoms with Crippen molar-refractivity contribution in [3.63, 3.8) is 0 Å². The monoisotopic (exact) mass is 359 g/mol. The first-order chi connectivity index (χ1) is 11.4. The second kappa shape index (κ2) is 5.49. The fourth-order valence-electron chi connectivity index (χ4n) is 4.17. The lowest BCUT2D eigenvalue weighted by Gasteiger charge is -2.34. The summed E-state index contributed by atoms with van der Waals surface area (Å²) in [7, 11) is 0. The molecule has 2 saturated carbocycles. The van der Waals surface area contributed by atoms with Gasteiger partial charge in [-0.15, -0.1) is 11.3 Å². The lowest BCUT2D eigenvalue weighted by molar-refractivity contribution is 0.0949. The zero-order valence-corrected chi connectivity index (χ0v) is 15.8. The first kappa shape index (κ1) is 16.0. The van der Waals surface area contributed by atoms with Crippen molar-refractivity contribution in [1.82, 2.24) is 10.4 Å². The van der Waals surface area contributed by atoms with Crippen LogP contribution in [0.5, 0.6) is 0 Å². The summed E-state index contributed by atoms with van der Waals surface area (Å²) in [4.78, 5) is 16.8. The number of hydrogen-bond donors (Lipinski definition) is 1. The van der Waals surface area contributed by atoms with Gasteiger partial charge in [-0.05, 0) is 42.0 Å². The summed E-state index contributed by atoms with van der Waals surface area (Å²) in [6.45, 7) is 6.97. The smallest absolute Gasteiger partial charge is 0.266 e. The van der Waals surface area contributed by atoms with Gasteiger partial charge < -0.3 is 0 Å². The number of carbonyl (C=O) groups is 1. The van der Waals surface area contributed by atoms with Gasteiger partial charge in [-0.25, -0.2) is 10.4 Å². The second-order valence-corrected chi connectivity index (χ2v) is 9.18. The average Bonchev–Trinajstić information content (AvgIpc) is 3.29. The second-order valence-electron chi connectivity index (χ2n) is 7.54. The minimum atomic E-state index is -0.218. The van der Waals surface area contributed by atoms with Gasteiger partial charge in [0, 0.05) is 27.5 Å². The summed E-state index contributed by atoms with van der Waals surface area (Å²) >= 11 is 3.12. The van der Waals surface area contributed by atoms with Crippen LogP contribution in [0.25, 0.3) is 10.6 Å². The van der Waals surface area contributed by atoms with Crippen LogP contribution in [0.15, 0.2) is 27.3 Å². The molecular formula is C18H21N3OS2. The first-order valence-corrected chi connectivity index (χ1v) is 10.1. The van der Waals surface area contributed by atoms with Crippen molar-refractivity contribution in [2.75, 3.05) is 0 Å². The highest BCUT2D eigenvalue weighted by atomic mass is 32.1. The molecule has 1 amide bonds. The van der Waals surface area contributed by atoms with Crippen molar-refractivity contribution in [2.45, 2.75) is 40.0 Å². The van der Waals surface area contributed by atoms with E-state index in [-0.39, 0.29) is 16.7 Å². The standard InChI is InChI=1S/C18H21N3OS2/c1-17(2)12-4-6-18(17,3)14(8-12)20-21-15(22)13-10-24-16(19-13)11-5-7-23-9-11/h5,7,9-10,12H,4,6,8H2,1-3H3,(H,21,22)/b20-14+/t12-,18-/m1/s1. The predicted molar refractivity (Wildman–Crippen MR) is 99.6 cm³/mol. The molecule has 0 aliphatic heterocycles. The molecule has 1 N–H and O–H groups in total. The van der Waals surface area contributed by atoms with Gasteiger partial charge in [0.25, 0.3) is 5.91 Å². The molecule has 4 rings (SSSR count). The number of hydrogen-bond acceptors (Lipinski definition) is 5. The first-order valence-electron chi connectivity index (χ1n) is 8.27. The number of nitrogens with one attached hydrogen (secondary N) is 1. The Balaban J connectivity index is 1.50. The van der Waals surface area contributed by atoms with E-state index in [0.717, 1.165) is 22.7 Å². The summed E-state index contributed by atoms with van der Waals surface area (Å²) in [6.07, 6.45) is 3.44. The Bertz CT molecular complexity index is 806. The van der Waals surface area contributed by atoms with Crippen LogP contribution in [0.3, 0.4) is 0 Å². The van der Waals surface area contributed by atoms with Crippen LogP contribution in [0, 0.1) is 16.7 Å². The molecule has 6 heteroatoms. The Morgan fingerprint density at radius 2 is 2.21 bits per heavy atom. The number of nitrogens with zero attached hydrogens (tertiary/aromatic N) is 2. The zero-order chi connectivity index (χ0) is 16.9. The Hall–Kier alpha value is -1.53. The van der Waals surface area contributed by atoms with Crippen molar-refractivity contribution >= 4 is 34.3 Å². The number of aromatic nitrogens is 1. The minimum Gasteiger partial charge on any atom is -0.266 e. The van der Waals surface area contributed by atoms with E-state index >= 15 is 0 Å². The Morgan fingerprint density at radius 3 is 2.83 bits per heavy atom. The lowest BCUT2D eigenvalue weighted by Crippen LogP contribution is -2.34. The van der Waals surface area contributed by atoms with Crippen LogP contribution in [0.1, 0.15) is 50.5 Å². The number of rotatable bonds is 3. The molecule has 24 heavy (non-hydrogen) atoms. The van der Waals surface area contributed by atoms with Crippen LogP contribution < -0.4 is 5.43 Å². The summed E-state index contributed by atoms with van der Waals surface area (Å²) < 4.78 is 0. The molecule has 0 spiro atoms. The van der Waals surface area contributed by atoms with Crippen molar-refractivity contribution in [3.05, 3.63) is 27.9 Å². The van der Waals surface area contributed by atoms with Crippen LogP contribution in [-0.4, -0.2) is 16.6 Å². The van der Waals surface area contributed by atoms with Crippen LogP contribution >= 0.6 is 22.7 Å². The summed E-state index contributed by atoms with van der Waals surface area (Å²) in [5.74, 6) is 0.465. The van der Waals surface area contributed by atoms with Crippen LogP contribution in [-0.2, 0) is 0 Å². The maximum atomic E-state index is 12.4. The van der Waals surface area contributed by atoms with E-state index in [1.165, 1.54) is 24.2 Å². The molecule has 2 aromatic rings. The lowest BCUT2D eigenvalue weighted by atomic mass is 9.70. The molecule has 2 aliphatic carbocycles. The molecule has 0 aromatic carbocycles. The number of carbonyl (C=O) groups excluding carboxylic acids is 1. The Kier molecular flexibility index (Phi) is 3.65. The van der Waals surface area contributed by atoms with Gasteiger partial charge in [0.05, 0.1) is 0 Å². The maximum Gasteiger partial charge on any atom is 0.290 e. The molecule has 2 aliphatic rings. The van der Waals surface area contributed by atoms with Crippen molar-refractivity contribution in [1.29, 1.82) is 0 Å². The van der Waals surface area contributed by atoms with E-state index in [1.54, 1.807) is 16.7 Å². The van der Waals surface area contributed by atoms with Crippen molar-refractivity contribution in [2.24, 2.45) is 21.8 Å². The largest absolute Gasteiger partial charge is 0.290 e. The molecule has 2 heterocycles. The third-order valence-electron chi connectivity index (χ3n) is 6.31. The fourth-order valence-corrected chi connectivity index (χ4v) is 5.68. The predicted octanol–water partition coefficient (Wildman–Crippen LogP) is 4.80. The summed E-state index contributed by atoms with van der Waals surface area (Å²) in [5, 5.41) is 11.2. The molecule has 126 valence electrons. The number of fused-ring (bicyclic) bond motifs is 2. The van der Waals surface area contributed by atoms with Gasteiger partial charge in [-0.2, -0.15) is 16.4 Å². The van der Waals surface area contributed by atoms with Gasteiger partial charge in [0.1, 0.15) is 10.7 Å². The van der Waals surface area contributed by atoms with Crippen molar-refractivity contribution < 1.29 is 4.79 Å². The summed E-state index contributed by atoms with van der Waals surface area (Å²) in [5.41, 5.74) is 5.77. The average molecular weight is 360 g/mol. The molecule has 4 nitrogen and oxygen atoms in total. The number of amides is 1. The molecule has 0 unspecified atom stereocenters. The number of hydrazone groups is 1. The van der Waals surface area contributed by atoms with Crippen LogP contribution in [0.2, 0.25) is 0 Å². The topological polar surface area (TPSA) is 54.4 Å². The van der Waals surface area contributed by atoms with E-state index in [0.29, 0.717) is 11.6 Å². The Morgan fingerprint density at radius 1 is 1.38 bits per heavy atom. The molecule has 2 atom stereocenters. The van der Waals surface area contributed by atoms with E-state index in [2.05, 4.69) is 36.3 Å². The molecule has 2 aromatic heterocycles. The molecule has 2 fully saturated rings. The third-order valence-corrected chi connectivity index (χ3v) is 7.88. The van der Waals surface area contributed by atoms with Gasteiger partial charge in [0.15, 0.2) is 0 Å². The Labute approximate surface area is 150 Å². The highest BCUT2D eigenvalue weighted by Crippen LogP contribution is 2.63. The minimum absolute atomic E-state index is 0.106. The van der Waals surface area contributed by atoms with Gasteiger partial charge in [-0.3, -0.25) is 4.79 Å². The van der Waals surface area contributed by atoms with Gasteiger partial charge in [-0.1, -0.05) is 20.8 Å². The van der Waals surface area contributed by atoms with E-state index in [9.17, 15) is 4.79 Å². The fraction of sp³-hybridized carbons (Fsp3) is 0.500. The third kappa shape index (κ3) is 2.27. The number of thiophene rings is 1. The van der Waals surface area contributed by atoms with Gasteiger partial charge in [0.2, 0.25) is 0 Å². The quantitative estimate of drug-likeness (QED) is 0.800. The summed E-state index contributed by atoms with van der Waals surface area (Å²) in [6, 6.07) is 2.02. The zero-order valence-electron chi connectivity index (χ0n) is 14.1. The molecule has 0 saturated heterocycles. The van der Waals surface area contributed by atoms with Gasteiger partial charge >= 0.3 is 0 Å². The SMILES string of the molecule is CC1(C)[C@@H]2CC[C@]1(C)/C(=N/NC(=O)c1csc(-c3ccsc3)n1)C2. The molecular weight excluding hydrogens is 338 g/mol. The van der Waals surface area contributed by atoms with E-state index < -0.39 is 0 Å². The van der Waals surface area contributed by atoms with E-state index in [1.807, 2.05) is 16.8 Å². The van der Waals surface area contributed by atoms with E-state index in [4.69, 9.17) is 0 Å². The molecule has 2 bridgehead atoms. The van der Waals surface area contributed by atoms with Crippen molar-refractivity contribution in [3.8, 4) is 10.6 Å². The van der Waals surface area contributed by atoms with Crippen LogP contribution in [0.4, 0.5) is 0 Å².